The van der Waals surface area contributed by atoms with Crippen LogP contribution in [0.5, 0.6) is 0 Å². The molecule has 0 fully saturated rings. The zero-order chi connectivity index (χ0) is 8.69. The molecule has 4 heteroatoms. The van der Waals surface area contributed by atoms with E-state index in [1.807, 2.05) is 13.8 Å². The zero-order valence-corrected chi connectivity index (χ0v) is 9.33. The standard InChI is InChI=1S/C7H15IO3/c1-6(8)11-7(2)10-5-4-9-3/h6-7H,4-5H2,1-3H3. The minimum absolute atomic E-state index is 0.142. The summed E-state index contributed by atoms with van der Waals surface area (Å²) in [4.78, 5) is 0. The first-order valence-corrected chi connectivity index (χ1v) is 4.81. The molecule has 11 heavy (non-hydrogen) atoms. The second kappa shape index (κ2) is 7.27. The van der Waals surface area contributed by atoms with Gasteiger partial charge in [-0.2, -0.15) is 0 Å². The van der Waals surface area contributed by atoms with Crippen LogP contribution in [0.1, 0.15) is 13.8 Å². The second-order valence-corrected chi connectivity index (χ2v) is 3.86. The third-order valence-corrected chi connectivity index (χ3v) is 1.31. The van der Waals surface area contributed by atoms with Gasteiger partial charge < -0.3 is 14.2 Å². The highest BCUT2D eigenvalue weighted by molar-refractivity contribution is 14.1. The lowest BCUT2D eigenvalue weighted by Gasteiger charge is -2.15. The maximum Gasteiger partial charge on any atom is 0.156 e. The SMILES string of the molecule is COCCOC(C)OC(C)I. The Kier molecular flexibility index (Phi) is 7.67. The van der Waals surface area contributed by atoms with Crippen LogP contribution < -0.4 is 0 Å². The van der Waals surface area contributed by atoms with Crippen LogP contribution in [0.2, 0.25) is 0 Å². The summed E-state index contributed by atoms with van der Waals surface area (Å²) in [6.07, 6.45) is -0.142. The van der Waals surface area contributed by atoms with Gasteiger partial charge in [-0.3, -0.25) is 0 Å². The van der Waals surface area contributed by atoms with Gasteiger partial charge in [0.1, 0.15) is 4.11 Å². The number of ether oxygens (including phenoxy) is 3. The van der Waals surface area contributed by atoms with Crippen LogP contribution in [-0.4, -0.2) is 30.7 Å². The van der Waals surface area contributed by atoms with Gasteiger partial charge in [0.15, 0.2) is 6.29 Å². The highest BCUT2D eigenvalue weighted by atomic mass is 127. The molecule has 0 aromatic rings. The normalized spacial score (nSPS) is 16.4. The van der Waals surface area contributed by atoms with Crippen molar-refractivity contribution >= 4 is 22.6 Å². The molecule has 2 atom stereocenters. The minimum Gasteiger partial charge on any atom is -0.382 e. The maximum absolute atomic E-state index is 5.31. The Morgan fingerprint density at radius 1 is 1.27 bits per heavy atom. The van der Waals surface area contributed by atoms with Gasteiger partial charge in [-0.15, -0.1) is 0 Å². The van der Waals surface area contributed by atoms with Crippen molar-refractivity contribution < 1.29 is 14.2 Å². The lowest BCUT2D eigenvalue weighted by molar-refractivity contribution is -0.138. The Bertz CT molecular complexity index is 87.8. The van der Waals surface area contributed by atoms with E-state index in [-0.39, 0.29) is 10.4 Å². The number of methoxy groups -OCH3 is 1. The summed E-state index contributed by atoms with van der Waals surface area (Å²) in [5, 5.41) is 0. The molecule has 0 amide bonds. The van der Waals surface area contributed by atoms with Gasteiger partial charge in [0.05, 0.1) is 13.2 Å². The van der Waals surface area contributed by atoms with Crippen LogP contribution in [0.25, 0.3) is 0 Å². The average molecular weight is 274 g/mol. The molecule has 0 saturated heterocycles. The second-order valence-electron chi connectivity index (χ2n) is 2.11. The van der Waals surface area contributed by atoms with Crippen molar-refractivity contribution in [2.45, 2.75) is 24.2 Å². The summed E-state index contributed by atoms with van der Waals surface area (Å²) in [5.41, 5.74) is 0. The van der Waals surface area contributed by atoms with Crippen LogP contribution in [0.15, 0.2) is 0 Å². The predicted molar refractivity (Wildman–Crippen MR) is 51.9 cm³/mol. The molecule has 0 aliphatic rings. The summed E-state index contributed by atoms with van der Waals surface area (Å²) in [6, 6.07) is 0. The fourth-order valence-corrected chi connectivity index (χ4v) is 1.01. The molecule has 0 spiro atoms. The third-order valence-electron chi connectivity index (χ3n) is 1.02. The number of hydrogen-bond acceptors (Lipinski definition) is 3. The van der Waals surface area contributed by atoms with E-state index in [1.165, 1.54) is 0 Å². The smallest absolute Gasteiger partial charge is 0.156 e. The Morgan fingerprint density at radius 2 is 1.91 bits per heavy atom. The molecule has 2 unspecified atom stereocenters. The van der Waals surface area contributed by atoms with Gasteiger partial charge in [-0.25, -0.2) is 0 Å². The molecule has 3 nitrogen and oxygen atoms in total. The minimum atomic E-state index is -0.142. The van der Waals surface area contributed by atoms with Gasteiger partial charge in [-0.1, -0.05) is 22.6 Å². The van der Waals surface area contributed by atoms with Crippen molar-refractivity contribution in [2.24, 2.45) is 0 Å². The Hall–Kier alpha value is 0.610. The van der Waals surface area contributed by atoms with Gasteiger partial charge in [0.25, 0.3) is 0 Å². The van der Waals surface area contributed by atoms with Crippen LogP contribution in [0, 0.1) is 0 Å². The molecule has 0 bridgehead atoms. The molecular weight excluding hydrogens is 259 g/mol. The summed E-state index contributed by atoms with van der Waals surface area (Å²) >= 11 is 2.19. The first kappa shape index (κ1) is 11.6. The van der Waals surface area contributed by atoms with Crippen molar-refractivity contribution in [3.05, 3.63) is 0 Å². The van der Waals surface area contributed by atoms with E-state index in [0.717, 1.165) is 0 Å². The topological polar surface area (TPSA) is 27.7 Å². The van der Waals surface area contributed by atoms with E-state index >= 15 is 0 Å². The van der Waals surface area contributed by atoms with E-state index in [0.29, 0.717) is 13.2 Å². The molecule has 0 saturated carbocycles. The van der Waals surface area contributed by atoms with Crippen LogP contribution in [0.4, 0.5) is 0 Å². The molecule has 0 aromatic carbocycles. The number of hydrogen-bond donors (Lipinski definition) is 0. The maximum atomic E-state index is 5.31. The fraction of sp³-hybridized carbons (Fsp3) is 1.00. The van der Waals surface area contributed by atoms with Crippen LogP contribution >= 0.6 is 22.6 Å². The van der Waals surface area contributed by atoms with Crippen molar-refractivity contribution in [1.29, 1.82) is 0 Å². The third kappa shape index (κ3) is 8.52. The molecule has 0 heterocycles. The monoisotopic (exact) mass is 274 g/mol. The molecule has 0 radical (unpaired) electrons. The number of halogens is 1. The van der Waals surface area contributed by atoms with E-state index < -0.39 is 0 Å². The largest absolute Gasteiger partial charge is 0.382 e. The van der Waals surface area contributed by atoms with E-state index in [1.54, 1.807) is 7.11 Å². The van der Waals surface area contributed by atoms with Crippen LogP contribution in [-0.2, 0) is 14.2 Å². The predicted octanol–water partition coefficient (Wildman–Crippen LogP) is 1.79. The van der Waals surface area contributed by atoms with Crippen LogP contribution in [0.3, 0.4) is 0 Å². The zero-order valence-electron chi connectivity index (χ0n) is 7.17. The number of alkyl halides is 1. The lowest BCUT2D eigenvalue weighted by atomic mass is 10.7. The summed E-state index contributed by atoms with van der Waals surface area (Å²) < 4.78 is 15.5. The van der Waals surface area contributed by atoms with Gasteiger partial charge in [-0.05, 0) is 13.8 Å². The van der Waals surface area contributed by atoms with Crippen molar-refractivity contribution in [1.82, 2.24) is 0 Å². The average Bonchev–Trinajstić information content (AvgIpc) is 1.86. The highest BCUT2D eigenvalue weighted by Gasteiger charge is 2.04. The van der Waals surface area contributed by atoms with E-state index in [4.69, 9.17) is 14.2 Å². The number of rotatable bonds is 6. The molecule has 0 aliphatic carbocycles. The Balaban J connectivity index is 3.15. The molecule has 0 aliphatic heterocycles. The molecular formula is C7H15IO3. The van der Waals surface area contributed by atoms with Gasteiger partial charge in [0.2, 0.25) is 0 Å². The summed E-state index contributed by atoms with van der Waals surface area (Å²) in [5.74, 6) is 0. The van der Waals surface area contributed by atoms with Crippen molar-refractivity contribution in [3.8, 4) is 0 Å². The quantitative estimate of drug-likeness (QED) is 0.320. The van der Waals surface area contributed by atoms with Crippen molar-refractivity contribution in [3.63, 3.8) is 0 Å². The molecule has 68 valence electrons. The molecule has 0 N–H and O–H groups in total. The summed E-state index contributed by atoms with van der Waals surface area (Å²) in [7, 11) is 1.65. The Morgan fingerprint density at radius 3 is 2.36 bits per heavy atom. The fourth-order valence-electron chi connectivity index (χ4n) is 0.601. The van der Waals surface area contributed by atoms with E-state index in [9.17, 15) is 0 Å². The molecule has 0 rings (SSSR count). The van der Waals surface area contributed by atoms with Gasteiger partial charge in [0, 0.05) is 7.11 Å². The lowest BCUT2D eigenvalue weighted by Crippen LogP contribution is -2.18. The first-order valence-electron chi connectivity index (χ1n) is 3.57. The van der Waals surface area contributed by atoms with Crippen molar-refractivity contribution in [2.75, 3.05) is 20.3 Å². The summed E-state index contributed by atoms with van der Waals surface area (Å²) in [6.45, 7) is 5.05. The first-order chi connectivity index (χ1) is 5.16. The Labute approximate surface area is 81.5 Å². The molecule has 0 aromatic heterocycles. The highest BCUT2D eigenvalue weighted by Crippen LogP contribution is 2.05. The van der Waals surface area contributed by atoms with E-state index in [2.05, 4.69) is 22.6 Å². The van der Waals surface area contributed by atoms with Gasteiger partial charge >= 0.3 is 0 Å².